The first-order valence-electron chi connectivity index (χ1n) is 15.7. The van der Waals surface area contributed by atoms with Crippen LogP contribution in [0.5, 0.6) is 0 Å². The maximum absolute atomic E-state index is 10.4. The van der Waals surface area contributed by atoms with E-state index in [-0.39, 0.29) is 57.8 Å². The number of carboxylic acid groups (broad SMARTS) is 4. The summed E-state index contributed by atoms with van der Waals surface area (Å²) in [6.07, 6.45) is 13.5. The maximum Gasteiger partial charge on any atom is 2.00 e. The van der Waals surface area contributed by atoms with Crippen LogP contribution < -0.4 is 20.4 Å². The Morgan fingerprint density at radius 1 is 0.333 bits per heavy atom. The van der Waals surface area contributed by atoms with Crippen LogP contribution in [-0.4, -0.2) is 23.9 Å². The van der Waals surface area contributed by atoms with Gasteiger partial charge in [-0.2, -0.15) is 0 Å². The Morgan fingerprint density at radius 2 is 0.429 bits per heavy atom. The molecule has 0 atom stereocenters. The van der Waals surface area contributed by atoms with Crippen LogP contribution in [0.15, 0.2) is 0 Å². The minimum absolute atomic E-state index is 0. The van der Waals surface area contributed by atoms with Crippen molar-refractivity contribution in [1.29, 1.82) is 0 Å². The van der Waals surface area contributed by atoms with Gasteiger partial charge >= 0.3 is 34.1 Å². The predicted molar refractivity (Wildman–Crippen MR) is 153 cm³/mol. The van der Waals surface area contributed by atoms with E-state index in [1.54, 1.807) is 0 Å². The number of hydrogen-bond donors (Lipinski definition) is 0. The molecule has 0 amide bonds. The second-order valence-corrected chi connectivity index (χ2v) is 10.4. The normalized spacial score (nSPS) is 9.81. The maximum atomic E-state index is 10.4. The quantitative estimate of drug-likeness (QED) is 0.174. The van der Waals surface area contributed by atoms with E-state index in [9.17, 15) is 39.6 Å². The Labute approximate surface area is 278 Å². The van der Waals surface area contributed by atoms with Gasteiger partial charge in [0, 0.05) is 23.9 Å². The van der Waals surface area contributed by atoms with E-state index in [0.717, 1.165) is 103 Å². The van der Waals surface area contributed by atoms with Crippen molar-refractivity contribution in [3.05, 3.63) is 0 Å². The first-order chi connectivity index (χ1) is 18.9. The smallest absolute Gasteiger partial charge is 0.550 e. The molecule has 258 valence electrons. The van der Waals surface area contributed by atoms with Gasteiger partial charge in [-0.3, -0.25) is 0 Å². The zero-order valence-electron chi connectivity index (χ0n) is 27.5. The topological polar surface area (TPSA) is 161 Å². The monoisotopic (exact) mass is 698 g/mol. The fraction of sp³-hybridized carbons (Fsp3) is 0.875. The summed E-state index contributed by atoms with van der Waals surface area (Å²) in [4.78, 5) is 41.5. The van der Waals surface area contributed by atoms with Crippen LogP contribution in [0.1, 0.15) is 158 Å². The van der Waals surface area contributed by atoms with E-state index < -0.39 is 23.9 Å². The van der Waals surface area contributed by atoms with Crippen LogP contribution in [0.2, 0.25) is 0 Å². The molecule has 10 heteroatoms. The Balaban J connectivity index is -0.000000101. The summed E-state index contributed by atoms with van der Waals surface area (Å²) in [5.41, 5.74) is 0. The summed E-state index contributed by atoms with van der Waals surface area (Å²) >= 11 is 0. The van der Waals surface area contributed by atoms with Crippen LogP contribution in [0, 0.1) is 23.7 Å². The molecule has 0 heterocycles. The zero-order chi connectivity index (χ0) is 31.9. The zero-order valence-corrected chi connectivity index (χ0v) is 29.4. The molecule has 0 aliphatic rings. The van der Waals surface area contributed by atoms with Gasteiger partial charge < -0.3 is 39.6 Å². The summed E-state index contributed by atoms with van der Waals surface area (Å²) in [7, 11) is 0. The Bertz CT molecular complexity index is 489. The Morgan fingerprint density at radius 3 is 0.476 bits per heavy atom. The molecule has 8 nitrogen and oxygen atoms in total. The molecule has 0 aliphatic heterocycles. The van der Waals surface area contributed by atoms with Gasteiger partial charge in [0.05, 0.1) is 0 Å². The van der Waals surface area contributed by atoms with Gasteiger partial charge in [0.2, 0.25) is 0 Å². The molecule has 0 rings (SSSR count). The van der Waals surface area contributed by atoms with Crippen molar-refractivity contribution in [2.24, 2.45) is 23.7 Å². The third-order valence-electron chi connectivity index (χ3n) is 6.43. The van der Waals surface area contributed by atoms with E-state index in [4.69, 9.17) is 0 Å². The molecule has 2 radical (unpaired) electrons. The van der Waals surface area contributed by atoms with E-state index >= 15 is 0 Å². The summed E-state index contributed by atoms with van der Waals surface area (Å²) < 4.78 is 0. The fourth-order valence-electron chi connectivity index (χ4n) is 4.31. The third kappa shape index (κ3) is 36.9. The average Bonchev–Trinajstić information content (AvgIpc) is 2.89. The number of carboxylic acids is 4. The number of hydrogen-bond acceptors (Lipinski definition) is 8. The number of aliphatic carboxylic acids is 4. The van der Waals surface area contributed by atoms with Crippen LogP contribution in [-0.2, 0) is 53.3 Å². The van der Waals surface area contributed by atoms with Crippen molar-refractivity contribution in [1.82, 2.24) is 0 Å². The molecule has 0 saturated heterocycles. The van der Waals surface area contributed by atoms with E-state index in [1.165, 1.54) is 0 Å². The standard InChI is InChI=1S/4C8H16O2.2Cu/c4*1-3-5-7(6-4-2)8(9)10;;/h4*7H,3-6H2,1-2H3,(H,9,10);;/q;;;;2*+2/p-4. The third-order valence-corrected chi connectivity index (χ3v) is 6.43. The van der Waals surface area contributed by atoms with E-state index in [2.05, 4.69) is 0 Å². The predicted octanol–water partition coefficient (Wildman–Crippen LogP) is 3.81. The van der Waals surface area contributed by atoms with Crippen molar-refractivity contribution in [3.63, 3.8) is 0 Å². The summed E-state index contributed by atoms with van der Waals surface area (Å²) in [5.74, 6) is -4.39. The van der Waals surface area contributed by atoms with Gasteiger partial charge in [-0.15, -0.1) is 0 Å². The largest absolute Gasteiger partial charge is 2.00 e. The van der Waals surface area contributed by atoms with Crippen molar-refractivity contribution < 1.29 is 73.7 Å². The Hall–Kier alpha value is -1.08. The minimum atomic E-state index is -0.885. The number of rotatable bonds is 20. The molecule has 0 saturated carbocycles. The molecule has 42 heavy (non-hydrogen) atoms. The van der Waals surface area contributed by atoms with Crippen LogP contribution in [0.4, 0.5) is 0 Å². The van der Waals surface area contributed by atoms with Gasteiger partial charge in [0.15, 0.2) is 0 Å². The van der Waals surface area contributed by atoms with Crippen LogP contribution in [0.25, 0.3) is 0 Å². The minimum Gasteiger partial charge on any atom is -0.550 e. The summed E-state index contributed by atoms with van der Waals surface area (Å²) in [6, 6.07) is 0. The second kappa shape index (κ2) is 39.9. The van der Waals surface area contributed by atoms with Gasteiger partial charge in [0.1, 0.15) is 0 Å². The number of carbonyl (C=O) groups excluding carboxylic acids is 4. The van der Waals surface area contributed by atoms with Gasteiger partial charge in [-0.25, -0.2) is 0 Å². The first kappa shape index (κ1) is 53.5. The van der Waals surface area contributed by atoms with Gasteiger partial charge in [0.25, 0.3) is 0 Å². The van der Waals surface area contributed by atoms with Gasteiger partial charge in [-0.1, -0.05) is 107 Å². The molecular weight excluding hydrogens is 639 g/mol. The van der Waals surface area contributed by atoms with Crippen molar-refractivity contribution in [3.8, 4) is 0 Å². The van der Waals surface area contributed by atoms with Gasteiger partial charge in [-0.05, 0) is 75.0 Å². The van der Waals surface area contributed by atoms with Crippen LogP contribution in [0.3, 0.4) is 0 Å². The van der Waals surface area contributed by atoms with Crippen molar-refractivity contribution >= 4 is 23.9 Å². The molecule has 0 aromatic carbocycles. The van der Waals surface area contributed by atoms with Crippen molar-refractivity contribution in [2.75, 3.05) is 0 Å². The second-order valence-electron chi connectivity index (χ2n) is 10.4. The molecule has 0 aromatic rings. The molecule has 0 aliphatic carbocycles. The van der Waals surface area contributed by atoms with Crippen molar-refractivity contribution in [2.45, 2.75) is 158 Å². The molecule has 0 unspecified atom stereocenters. The molecule has 0 fully saturated rings. The summed E-state index contributed by atoms with van der Waals surface area (Å²) in [5, 5.41) is 41.5. The Kier molecular flexibility index (Phi) is 50.8. The summed E-state index contributed by atoms with van der Waals surface area (Å²) in [6.45, 7) is 15.9. The van der Waals surface area contributed by atoms with Crippen LogP contribution >= 0.6 is 0 Å². The van der Waals surface area contributed by atoms with E-state index in [0.29, 0.717) is 0 Å². The molecule has 0 spiro atoms. The fourth-order valence-corrected chi connectivity index (χ4v) is 4.31. The average molecular weight is 700 g/mol. The van der Waals surface area contributed by atoms with E-state index in [1.807, 2.05) is 55.4 Å². The molecule has 0 bridgehead atoms. The molecule has 0 N–H and O–H groups in total. The number of carbonyl (C=O) groups is 4. The molecule has 0 aromatic heterocycles. The SMILES string of the molecule is CCCC(CCC)C(=O)[O-].CCCC(CCC)C(=O)[O-].CCCC(CCC)C(=O)[O-].CCCC(CCC)C(=O)[O-].[Cu+2].[Cu+2]. The molecular formula is C32H60Cu2O8. The first-order valence-corrected chi connectivity index (χ1v) is 15.7.